The van der Waals surface area contributed by atoms with Crippen LogP contribution in [-0.2, 0) is 4.74 Å². The predicted octanol–water partition coefficient (Wildman–Crippen LogP) is 4.85. The highest BCUT2D eigenvalue weighted by atomic mass is 79.9. The van der Waals surface area contributed by atoms with E-state index in [2.05, 4.69) is 44.8 Å². The number of rotatable bonds is 4. The van der Waals surface area contributed by atoms with Crippen molar-refractivity contribution in [3.05, 3.63) is 28.2 Å². The zero-order valence-corrected chi connectivity index (χ0v) is 13.9. The fourth-order valence-electron chi connectivity index (χ4n) is 2.33. The summed E-state index contributed by atoms with van der Waals surface area (Å²) in [5.41, 5.74) is 1.00. The Bertz CT molecular complexity index is 414. The Labute approximate surface area is 125 Å². The van der Waals surface area contributed by atoms with Gasteiger partial charge in [-0.1, -0.05) is 31.9 Å². The molecule has 2 rings (SSSR count). The van der Waals surface area contributed by atoms with E-state index in [1.165, 1.54) is 0 Å². The van der Waals surface area contributed by atoms with Crippen LogP contribution in [0.1, 0.15) is 37.1 Å². The van der Waals surface area contributed by atoms with Crippen LogP contribution in [0.25, 0.3) is 0 Å². The van der Waals surface area contributed by atoms with Gasteiger partial charge in [-0.25, -0.2) is 0 Å². The molecule has 0 N–H and O–H groups in total. The van der Waals surface area contributed by atoms with E-state index in [0.29, 0.717) is 6.61 Å². The molecule has 2 nitrogen and oxygen atoms in total. The number of hydrogen-bond acceptors (Lipinski definition) is 2. The van der Waals surface area contributed by atoms with Crippen LogP contribution < -0.4 is 4.74 Å². The lowest BCUT2D eigenvalue weighted by atomic mass is 9.93. The summed E-state index contributed by atoms with van der Waals surface area (Å²) in [6, 6.07) is 6.12. The minimum Gasteiger partial charge on any atom is -0.494 e. The SMILES string of the molecule is CCOc1ccc(Br)cc1C(Br)C1(C)CCCO1. The highest BCUT2D eigenvalue weighted by molar-refractivity contribution is 9.10. The second kappa shape index (κ2) is 5.93. The first-order chi connectivity index (χ1) is 8.57. The standard InChI is InChI=1S/C14H18Br2O2/c1-3-17-12-6-5-10(15)9-11(12)13(16)14(2)7-4-8-18-14/h5-6,9,13H,3-4,7-8H2,1-2H3. The summed E-state index contributed by atoms with van der Waals surface area (Å²) in [7, 11) is 0. The van der Waals surface area contributed by atoms with Gasteiger partial charge in [-0.3, -0.25) is 0 Å². The molecule has 0 spiro atoms. The van der Waals surface area contributed by atoms with Crippen LogP contribution in [0.3, 0.4) is 0 Å². The molecule has 100 valence electrons. The number of hydrogen-bond donors (Lipinski definition) is 0. The van der Waals surface area contributed by atoms with Crippen molar-refractivity contribution < 1.29 is 9.47 Å². The molecule has 0 aromatic heterocycles. The molecule has 1 aromatic rings. The maximum Gasteiger partial charge on any atom is 0.123 e. The second-order valence-electron chi connectivity index (χ2n) is 4.74. The van der Waals surface area contributed by atoms with Crippen molar-refractivity contribution in [1.82, 2.24) is 0 Å². The topological polar surface area (TPSA) is 18.5 Å². The van der Waals surface area contributed by atoms with Crippen molar-refractivity contribution in [3.8, 4) is 5.75 Å². The van der Waals surface area contributed by atoms with E-state index in [-0.39, 0.29) is 10.4 Å². The Morgan fingerprint density at radius 2 is 2.28 bits per heavy atom. The van der Waals surface area contributed by atoms with Gasteiger partial charge in [0.1, 0.15) is 5.75 Å². The molecule has 4 heteroatoms. The molecule has 0 amide bonds. The molecular weight excluding hydrogens is 360 g/mol. The van der Waals surface area contributed by atoms with Gasteiger partial charge >= 0.3 is 0 Å². The van der Waals surface area contributed by atoms with Gasteiger partial charge in [0.2, 0.25) is 0 Å². The molecule has 1 saturated heterocycles. The van der Waals surface area contributed by atoms with Gasteiger partial charge in [0.15, 0.2) is 0 Å². The molecule has 0 aliphatic carbocycles. The lowest BCUT2D eigenvalue weighted by Crippen LogP contribution is -2.28. The Morgan fingerprint density at radius 1 is 1.50 bits per heavy atom. The van der Waals surface area contributed by atoms with Crippen molar-refractivity contribution in [2.24, 2.45) is 0 Å². The minimum absolute atomic E-state index is 0.145. The molecule has 0 bridgehead atoms. The van der Waals surface area contributed by atoms with Crippen molar-refractivity contribution in [3.63, 3.8) is 0 Å². The average Bonchev–Trinajstić information content (AvgIpc) is 2.79. The van der Waals surface area contributed by atoms with Crippen LogP contribution in [-0.4, -0.2) is 18.8 Å². The fourth-order valence-corrected chi connectivity index (χ4v) is 3.43. The Kier molecular flexibility index (Phi) is 4.73. The number of alkyl halides is 1. The summed E-state index contributed by atoms with van der Waals surface area (Å²) in [5.74, 6) is 0.930. The van der Waals surface area contributed by atoms with Crippen molar-refractivity contribution >= 4 is 31.9 Å². The maximum absolute atomic E-state index is 5.91. The van der Waals surface area contributed by atoms with E-state index >= 15 is 0 Å². The quantitative estimate of drug-likeness (QED) is 0.698. The van der Waals surface area contributed by atoms with Gasteiger partial charge < -0.3 is 9.47 Å². The summed E-state index contributed by atoms with van der Waals surface area (Å²) in [4.78, 5) is 0.145. The molecular formula is C14H18Br2O2. The Morgan fingerprint density at radius 3 is 2.89 bits per heavy atom. The van der Waals surface area contributed by atoms with E-state index < -0.39 is 0 Å². The fraction of sp³-hybridized carbons (Fsp3) is 0.571. The van der Waals surface area contributed by atoms with Crippen molar-refractivity contribution in [2.75, 3.05) is 13.2 Å². The summed E-state index contributed by atoms with van der Waals surface area (Å²) >= 11 is 7.32. The first-order valence-electron chi connectivity index (χ1n) is 6.27. The minimum atomic E-state index is -0.146. The Balaban J connectivity index is 2.33. The second-order valence-corrected chi connectivity index (χ2v) is 6.57. The van der Waals surface area contributed by atoms with Gasteiger partial charge in [-0.15, -0.1) is 0 Å². The summed E-state index contributed by atoms with van der Waals surface area (Å²) in [6.07, 6.45) is 2.19. The molecule has 0 saturated carbocycles. The number of halogens is 2. The number of benzene rings is 1. The van der Waals surface area contributed by atoms with E-state index in [4.69, 9.17) is 9.47 Å². The normalized spacial score (nSPS) is 25.1. The third kappa shape index (κ3) is 2.91. The molecule has 1 fully saturated rings. The highest BCUT2D eigenvalue weighted by Gasteiger charge is 2.39. The third-order valence-electron chi connectivity index (χ3n) is 3.33. The molecule has 2 atom stereocenters. The number of ether oxygens (including phenoxy) is 2. The predicted molar refractivity (Wildman–Crippen MR) is 80.6 cm³/mol. The van der Waals surface area contributed by atoms with Crippen LogP contribution in [0.2, 0.25) is 0 Å². The van der Waals surface area contributed by atoms with Crippen molar-refractivity contribution in [1.29, 1.82) is 0 Å². The molecule has 18 heavy (non-hydrogen) atoms. The molecule has 0 radical (unpaired) electrons. The maximum atomic E-state index is 5.91. The zero-order chi connectivity index (χ0) is 13.2. The third-order valence-corrected chi connectivity index (χ3v) is 5.29. The smallest absolute Gasteiger partial charge is 0.123 e. The van der Waals surface area contributed by atoms with Crippen LogP contribution in [0.5, 0.6) is 5.75 Å². The van der Waals surface area contributed by atoms with Crippen LogP contribution in [0.15, 0.2) is 22.7 Å². The van der Waals surface area contributed by atoms with E-state index in [1.54, 1.807) is 0 Å². The van der Waals surface area contributed by atoms with Crippen LogP contribution >= 0.6 is 31.9 Å². The zero-order valence-electron chi connectivity index (χ0n) is 10.7. The lowest BCUT2D eigenvalue weighted by molar-refractivity contribution is 0.0192. The van der Waals surface area contributed by atoms with E-state index in [1.807, 2.05) is 19.1 Å². The highest BCUT2D eigenvalue weighted by Crippen LogP contribution is 2.46. The van der Waals surface area contributed by atoms with Crippen molar-refractivity contribution in [2.45, 2.75) is 37.1 Å². The summed E-state index contributed by atoms with van der Waals surface area (Å²) in [5, 5.41) is 0. The van der Waals surface area contributed by atoms with E-state index in [9.17, 15) is 0 Å². The van der Waals surface area contributed by atoms with Gasteiger partial charge in [0.25, 0.3) is 0 Å². The average molecular weight is 378 g/mol. The largest absolute Gasteiger partial charge is 0.494 e. The first kappa shape index (κ1) is 14.4. The van der Waals surface area contributed by atoms with Gasteiger partial charge in [0, 0.05) is 16.6 Å². The molecule has 1 aliphatic heterocycles. The van der Waals surface area contributed by atoms with Crippen LogP contribution in [0.4, 0.5) is 0 Å². The monoisotopic (exact) mass is 376 g/mol. The molecule has 1 aromatic carbocycles. The summed E-state index contributed by atoms with van der Waals surface area (Å²) < 4.78 is 12.7. The molecule has 1 heterocycles. The Hall–Kier alpha value is -0.0600. The summed E-state index contributed by atoms with van der Waals surface area (Å²) in [6.45, 7) is 5.68. The first-order valence-corrected chi connectivity index (χ1v) is 7.98. The van der Waals surface area contributed by atoms with E-state index in [0.717, 1.165) is 35.2 Å². The molecule has 2 unspecified atom stereocenters. The van der Waals surface area contributed by atoms with Gasteiger partial charge in [-0.2, -0.15) is 0 Å². The van der Waals surface area contributed by atoms with Crippen LogP contribution in [0, 0.1) is 0 Å². The van der Waals surface area contributed by atoms with Gasteiger partial charge in [0.05, 0.1) is 17.0 Å². The lowest BCUT2D eigenvalue weighted by Gasteiger charge is -2.30. The molecule has 1 aliphatic rings. The van der Waals surface area contributed by atoms with Gasteiger partial charge in [-0.05, 0) is 44.9 Å².